The van der Waals surface area contributed by atoms with E-state index < -0.39 is 0 Å². The van der Waals surface area contributed by atoms with E-state index in [4.69, 9.17) is 9.47 Å². The second kappa shape index (κ2) is 10.4. The van der Waals surface area contributed by atoms with Crippen LogP contribution in [-0.4, -0.2) is 51.0 Å². The van der Waals surface area contributed by atoms with Gasteiger partial charge in [-0.05, 0) is 43.7 Å². The van der Waals surface area contributed by atoms with Gasteiger partial charge >= 0.3 is 0 Å². The molecule has 0 amide bonds. The molecule has 0 bridgehead atoms. The minimum absolute atomic E-state index is 0.706. The third-order valence-electron chi connectivity index (χ3n) is 2.80. The SMILES string of the molecule is COCCOCCCCNC1CCSCC1. The standard InChI is InChI=1S/C12H25NO2S/c1-14-8-9-15-7-3-2-6-13-12-4-10-16-11-5-12/h12-13H,2-11H2,1H3. The number of unbranched alkanes of at least 4 members (excludes halogenated alkanes) is 1. The molecule has 0 radical (unpaired) electrons. The Bertz CT molecular complexity index is 152. The molecule has 1 N–H and O–H groups in total. The summed E-state index contributed by atoms with van der Waals surface area (Å²) in [5, 5.41) is 3.63. The first-order valence-electron chi connectivity index (χ1n) is 6.31. The van der Waals surface area contributed by atoms with Gasteiger partial charge in [0.1, 0.15) is 0 Å². The van der Waals surface area contributed by atoms with E-state index >= 15 is 0 Å². The first kappa shape index (κ1) is 14.3. The van der Waals surface area contributed by atoms with Crippen LogP contribution in [0.1, 0.15) is 25.7 Å². The highest BCUT2D eigenvalue weighted by atomic mass is 32.2. The van der Waals surface area contributed by atoms with Crippen LogP contribution in [0.5, 0.6) is 0 Å². The van der Waals surface area contributed by atoms with Crippen molar-refractivity contribution in [1.82, 2.24) is 5.32 Å². The predicted octanol–water partition coefficient (Wildman–Crippen LogP) is 1.91. The largest absolute Gasteiger partial charge is 0.382 e. The van der Waals surface area contributed by atoms with Gasteiger partial charge in [0.05, 0.1) is 13.2 Å². The molecule has 1 saturated heterocycles. The van der Waals surface area contributed by atoms with E-state index in [1.807, 2.05) is 0 Å². The highest BCUT2D eigenvalue weighted by Gasteiger charge is 2.11. The second-order valence-corrected chi connectivity index (χ2v) is 5.38. The van der Waals surface area contributed by atoms with Gasteiger partial charge in [0, 0.05) is 19.8 Å². The molecule has 96 valence electrons. The molecule has 1 fully saturated rings. The van der Waals surface area contributed by atoms with Gasteiger partial charge in [-0.3, -0.25) is 0 Å². The van der Waals surface area contributed by atoms with E-state index in [1.54, 1.807) is 7.11 Å². The Kier molecular flexibility index (Phi) is 9.28. The second-order valence-electron chi connectivity index (χ2n) is 4.15. The van der Waals surface area contributed by atoms with Gasteiger partial charge in [0.2, 0.25) is 0 Å². The molecule has 0 aliphatic carbocycles. The minimum Gasteiger partial charge on any atom is -0.382 e. The number of methoxy groups -OCH3 is 1. The van der Waals surface area contributed by atoms with E-state index in [0.717, 1.165) is 32.2 Å². The smallest absolute Gasteiger partial charge is 0.0700 e. The lowest BCUT2D eigenvalue weighted by Gasteiger charge is -2.22. The predicted molar refractivity (Wildman–Crippen MR) is 70.3 cm³/mol. The maximum atomic E-state index is 5.41. The van der Waals surface area contributed by atoms with Gasteiger partial charge < -0.3 is 14.8 Å². The maximum Gasteiger partial charge on any atom is 0.0700 e. The van der Waals surface area contributed by atoms with E-state index in [2.05, 4.69) is 17.1 Å². The van der Waals surface area contributed by atoms with Crippen LogP contribution in [0, 0.1) is 0 Å². The van der Waals surface area contributed by atoms with Crippen LogP contribution >= 0.6 is 11.8 Å². The molecule has 0 unspecified atom stereocenters. The van der Waals surface area contributed by atoms with Gasteiger partial charge in [-0.15, -0.1) is 0 Å². The fraction of sp³-hybridized carbons (Fsp3) is 1.00. The van der Waals surface area contributed by atoms with Crippen LogP contribution in [0.15, 0.2) is 0 Å². The number of hydrogen-bond donors (Lipinski definition) is 1. The van der Waals surface area contributed by atoms with Crippen LogP contribution in [0.2, 0.25) is 0 Å². The average Bonchev–Trinajstić information content (AvgIpc) is 2.34. The maximum absolute atomic E-state index is 5.41. The van der Waals surface area contributed by atoms with Gasteiger partial charge in [0.15, 0.2) is 0 Å². The van der Waals surface area contributed by atoms with Gasteiger partial charge in [-0.2, -0.15) is 11.8 Å². The highest BCUT2D eigenvalue weighted by Crippen LogP contribution is 2.16. The van der Waals surface area contributed by atoms with Crippen LogP contribution in [-0.2, 0) is 9.47 Å². The van der Waals surface area contributed by atoms with Gasteiger partial charge in [-0.1, -0.05) is 0 Å². The van der Waals surface area contributed by atoms with Crippen molar-refractivity contribution in [3.63, 3.8) is 0 Å². The summed E-state index contributed by atoms with van der Waals surface area (Å²) in [6, 6.07) is 0.774. The first-order valence-corrected chi connectivity index (χ1v) is 7.47. The zero-order valence-electron chi connectivity index (χ0n) is 10.4. The van der Waals surface area contributed by atoms with Crippen LogP contribution in [0.4, 0.5) is 0 Å². The third kappa shape index (κ3) is 7.49. The molecule has 4 heteroatoms. The lowest BCUT2D eigenvalue weighted by molar-refractivity contribution is 0.0687. The van der Waals surface area contributed by atoms with Crippen molar-refractivity contribution in [3.8, 4) is 0 Å². The Morgan fingerprint density at radius 3 is 2.69 bits per heavy atom. The topological polar surface area (TPSA) is 30.5 Å². The number of nitrogens with one attached hydrogen (secondary N) is 1. The highest BCUT2D eigenvalue weighted by molar-refractivity contribution is 7.99. The zero-order valence-corrected chi connectivity index (χ0v) is 11.2. The Labute approximate surface area is 104 Å². The Morgan fingerprint density at radius 2 is 1.94 bits per heavy atom. The Hall–Kier alpha value is 0.230. The molecule has 0 spiro atoms. The number of hydrogen-bond acceptors (Lipinski definition) is 4. The van der Waals surface area contributed by atoms with Crippen molar-refractivity contribution in [1.29, 1.82) is 0 Å². The molecular formula is C12H25NO2S. The molecule has 3 nitrogen and oxygen atoms in total. The molecule has 16 heavy (non-hydrogen) atoms. The fourth-order valence-corrected chi connectivity index (χ4v) is 2.89. The van der Waals surface area contributed by atoms with E-state index in [0.29, 0.717) is 6.61 Å². The minimum atomic E-state index is 0.706. The van der Waals surface area contributed by atoms with E-state index in [1.165, 1.54) is 30.8 Å². The summed E-state index contributed by atoms with van der Waals surface area (Å²) in [6.07, 6.45) is 5.05. The molecule has 1 aliphatic heterocycles. The Balaban J connectivity index is 1.77. The summed E-state index contributed by atoms with van der Waals surface area (Å²) in [4.78, 5) is 0. The Morgan fingerprint density at radius 1 is 1.12 bits per heavy atom. The summed E-state index contributed by atoms with van der Waals surface area (Å²) in [5.41, 5.74) is 0. The summed E-state index contributed by atoms with van der Waals surface area (Å²) < 4.78 is 10.3. The fourth-order valence-electron chi connectivity index (χ4n) is 1.78. The molecule has 1 heterocycles. The van der Waals surface area contributed by atoms with Crippen molar-refractivity contribution in [3.05, 3.63) is 0 Å². The van der Waals surface area contributed by atoms with E-state index in [-0.39, 0.29) is 0 Å². The molecule has 1 aliphatic rings. The average molecular weight is 247 g/mol. The molecular weight excluding hydrogens is 222 g/mol. The lowest BCUT2D eigenvalue weighted by atomic mass is 10.1. The summed E-state index contributed by atoms with van der Waals surface area (Å²) in [6.45, 7) is 3.44. The van der Waals surface area contributed by atoms with Crippen molar-refractivity contribution in [2.45, 2.75) is 31.7 Å². The zero-order chi connectivity index (χ0) is 11.5. The number of thioether (sulfide) groups is 1. The van der Waals surface area contributed by atoms with Crippen molar-refractivity contribution in [2.75, 3.05) is 45.0 Å². The monoisotopic (exact) mass is 247 g/mol. The summed E-state index contributed by atoms with van der Waals surface area (Å²) in [5.74, 6) is 2.66. The molecule has 0 aromatic carbocycles. The van der Waals surface area contributed by atoms with Crippen molar-refractivity contribution in [2.24, 2.45) is 0 Å². The van der Waals surface area contributed by atoms with Crippen LogP contribution in [0.3, 0.4) is 0 Å². The molecule has 0 aromatic rings. The lowest BCUT2D eigenvalue weighted by Crippen LogP contribution is -2.33. The quantitative estimate of drug-likeness (QED) is 0.631. The summed E-state index contributed by atoms with van der Waals surface area (Å²) in [7, 11) is 1.70. The molecule has 0 atom stereocenters. The normalized spacial score (nSPS) is 17.8. The third-order valence-corrected chi connectivity index (χ3v) is 3.85. The van der Waals surface area contributed by atoms with E-state index in [9.17, 15) is 0 Å². The number of ether oxygens (including phenoxy) is 2. The number of rotatable bonds is 9. The van der Waals surface area contributed by atoms with Crippen LogP contribution < -0.4 is 5.32 Å². The van der Waals surface area contributed by atoms with Crippen molar-refractivity contribution >= 4 is 11.8 Å². The summed E-state index contributed by atoms with van der Waals surface area (Å²) >= 11 is 2.08. The van der Waals surface area contributed by atoms with Crippen LogP contribution in [0.25, 0.3) is 0 Å². The van der Waals surface area contributed by atoms with Gasteiger partial charge in [-0.25, -0.2) is 0 Å². The molecule has 1 rings (SSSR count). The molecule has 0 saturated carbocycles. The van der Waals surface area contributed by atoms with Gasteiger partial charge in [0.25, 0.3) is 0 Å². The molecule has 0 aromatic heterocycles. The first-order chi connectivity index (χ1) is 7.93. The van der Waals surface area contributed by atoms with Crippen molar-refractivity contribution < 1.29 is 9.47 Å².